The van der Waals surface area contributed by atoms with Crippen LogP contribution >= 0.6 is 0 Å². The molecule has 0 radical (unpaired) electrons. The summed E-state index contributed by atoms with van der Waals surface area (Å²) in [6.07, 6.45) is 0.203. The molecule has 0 bridgehead atoms. The van der Waals surface area contributed by atoms with Gasteiger partial charge >= 0.3 is 5.97 Å². The molecule has 1 aromatic rings. The van der Waals surface area contributed by atoms with Crippen molar-refractivity contribution in [2.75, 3.05) is 13.7 Å². The van der Waals surface area contributed by atoms with Crippen LogP contribution < -0.4 is 5.32 Å². The van der Waals surface area contributed by atoms with Gasteiger partial charge in [-0.3, -0.25) is 4.79 Å². The van der Waals surface area contributed by atoms with Crippen molar-refractivity contribution in [3.8, 4) is 5.75 Å². The van der Waals surface area contributed by atoms with E-state index in [4.69, 9.17) is 5.53 Å². The van der Waals surface area contributed by atoms with Crippen molar-refractivity contribution in [2.24, 2.45) is 5.11 Å². The number of phenolic OH excluding ortho intramolecular Hbond substituents is 1. The summed E-state index contributed by atoms with van der Waals surface area (Å²) in [5.74, 6) is -1.07. The lowest BCUT2D eigenvalue weighted by Crippen LogP contribution is -2.43. The number of hydrogen-bond donors (Lipinski definition) is 2. The summed E-state index contributed by atoms with van der Waals surface area (Å²) < 4.78 is 4.61. The molecule has 8 nitrogen and oxygen atoms in total. The third-order valence-corrected chi connectivity index (χ3v) is 2.47. The number of amides is 1. The number of ether oxygens (including phenoxy) is 1. The maximum Gasteiger partial charge on any atom is 0.328 e. The summed E-state index contributed by atoms with van der Waals surface area (Å²) in [6, 6.07) is 5.33. The van der Waals surface area contributed by atoms with Gasteiger partial charge in [0.05, 0.1) is 7.11 Å². The van der Waals surface area contributed by atoms with E-state index in [1.165, 1.54) is 19.2 Å². The van der Waals surface area contributed by atoms with Gasteiger partial charge in [-0.05, 0) is 23.2 Å². The fraction of sp³-hybridized carbons (Fsp3) is 0.333. The number of carbonyl (C=O) groups is 2. The van der Waals surface area contributed by atoms with Crippen LogP contribution in [0, 0.1) is 0 Å². The van der Waals surface area contributed by atoms with Gasteiger partial charge in [-0.2, -0.15) is 0 Å². The van der Waals surface area contributed by atoms with Gasteiger partial charge in [-0.1, -0.05) is 17.2 Å². The first kappa shape index (κ1) is 15.3. The number of phenols is 1. The molecule has 0 aliphatic carbocycles. The molecule has 106 valence electrons. The van der Waals surface area contributed by atoms with Crippen LogP contribution in [0.1, 0.15) is 5.56 Å². The van der Waals surface area contributed by atoms with Gasteiger partial charge in [0.25, 0.3) is 0 Å². The Morgan fingerprint density at radius 2 is 2.10 bits per heavy atom. The molecular formula is C12H14N4O4. The van der Waals surface area contributed by atoms with Gasteiger partial charge < -0.3 is 15.2 Å². The molecule has 0 aliphatic heterocycles. The molecule has 0 aliphatic rings. The number of nitrogens with zero attached hydrogens (tertiary/aromatic N) is 3. The smallest absolute Gasteiger partial charge is 0.328 e. The lowest BCUT2D eigenvalue weighted by atomic mass is 10.1. The van der Waals surface area contributed by atoms with Crippen LogP contribution in [0.25, 0.3) is 10.4 Å². The number of nitrogens with one attached hydrogen (secondary N) is 1. The second-order valence-corrected chi connectivity index (χ2v) is 3.90. The molecule has 1 amide bonds. The normalized spacial score (nSPS) is 11.1. The van der Waals surface area contributed by atoms with Crippen LogP contribution in [0.3, 0.4) is 0 Å². The van der Waals surface area contributed by atoms with Gasteiger partial charge in [0.2, 0.25) is 5.91 Å². The molecule has 0 saturated heterocycles. The largest absolute Gasteiger partial charge is 0.508 e. The van der Waals surface area contributed by atoms with Crippen molar-refractivity contribution in [2.45, 2.75) is 12.5 Å². The minimum Gasteiger partial charge on any atom is -0.508 e. The number of azide groups is 1. The second kappa shape index (κ2) is 7.65. The summed E-state index contributed by atoms with van der Waals surface area (Å²) in [7, 11) is 1.21. The maximum absolute atomic E-state index is 11.6. The summed E-state index contributed by atoms with van der Waals surface area (Å²) in [4.78, 5) is 25.5. The van der Waals surface area contributed by atoms with E-state index in [1.54, 1.807) is 12.1 Å². The van der Waals surface area contributed by atoms with Crippen molar-refractivity contribution in [3.63, 3.8) is 0 Å². The third-order valence-electron chi connectivity index (χ3n) is 2.47. The van der Waals surface area contributed by atoms with Crippen LogP contribution in [0.5, 0.6) is 5.75 Å². The molecule has 0 heterocycles. The Morgan fingerprint density at radius 3 is 2.65 bits per heavy atom. The zero-order chi connectivity index (χ0) is 15.0. The zero-order valence-corrected chi connectivity index (χ0v) is 10.8. The van der Waals surface area contributed by atoms with E-state index in [2.05, 4.69) is 20.1 Å². The molecule has 1 aromatic carbocycles. The number of carbonyl (C=O) groups excluding carboxylic acids is 2. The predicted molar refractivity (Wildman–Crippen MR) is 69.8 cm³/mol. The van der Waals surface area contributed by atoms with E-state index < -0.39 is 17.9 Å². The van der Waals surface area contributed by atoms with Crippen molar-refractivity contribution in [1.29, 1.82) is 0 Å². The Hall–Kier alpha value is -2.73. The number of rotatable bonds is 6. The van der Waals surface area contributed by atoms with E-state index in [1.807, 2.05) is 0 Å². The molecule has 0 saturated carbocycles. The molecule has 0 spiro atoms. The molecule has 0 unspecified atom stereocenters. The number of hydrogen-bond acceptors (Lipinski definition) is 5. The maximum atomic E-state index is 11.6. The summed E-state index contributed by atoms with van der Waals surface area (Å²) in [5, 5.41) is 14.7. The third kappa shape index (κ3) is 4.87. The highest BCUT2D eigenvalue weighted by molar-refractivity contribution is 5.85. The molecular weight excluding hydrogens is 264 g/mol. The fourth-order valence-electron chi connectivity index (χ4n) is 1.54. The Labute approximate surface area is 115 Å². The highest BCUT2D eigenvalue weighted by Gasteiger charge is 2.21. The fourth-order valence-corrected chi connectivity index (χ4v) is 1.54. The van der Waals surface area contributed by atoms with Crippen LogP contribution in [-0.2, 0) is 20.7 Å². The van der Waals surface area contributed by atoms with E-state index in [0.717, 1.165) is 5.56 Å². The topological polar surface area (TPSA) is 124 Å². The van der Waals surface area contributed by atoms with Crippen LogP contribution in [0.2, 0.25) is 0 Å². The van der Waals surface area contributed by atoms with E-state index >= 15 is 0 Å². The second-order valence-electron chi connectivity index (χ2n) is 3.90. The molecule has 8 heteroatoms. The number of esters is 1. The highest BCUT2D eigenvalue weighted by Crippen LogP contribution is 2.11. The first-order valence-electron chi connectivity index (χ1n) is 5.72. The molecule has 1 atom stereocenters. The van der Waals surface area contributed by atoms with Crippen molar-refractivity contribution in [3.05, 3.63) is 40.3 Å². The standard InChI is InChI=1S/C12H14N4O4/c1-20-12(19)10(15-11(18)7-14-16-13)6-8-2-4-9(17)5-3-8/h2-5,10,17H,6-7H2,1H3,(H,15,18)/t10-/m0/s1. The number of aromatic hydroxyl groups is 1. The average molecular weight is 278 g/mol. The van der Waals surface area contributed by atoms with E-state index in [-0.39, 0.29) is 18.7 Å². The van der Waals surface area contributed by atoms with Crippen molar-refractivity contribution < 1.29 is 19.4 Å². The Balaban J connectivity index is 2.74. The van der Waals surface area contributed by atoms with Gasteiger partial charge in [-0.25, -0.2) is 4.79 Å². The Kier molecular flexibility index (Phi) is 5.86. The van der Waals surface area contributed by atoms with E-state index in [9.17, 15) is 14.7 Å². The molecule has 0 fully saturated rings. The zero-order valence-electron chi connectivity index (χ0n) is 10.8. The minimum atomic E-state index is -0.883. The van der Waals surface area contributed by atoms with Gasteiger partial charge in [0, 0.05) is 11.3 Å². The van der Waals surface area contributed by atoms with Crippen LogP contribution in [0.15, 0.2) is 29.4 Å². The lowest BCUT2D eigenvalue weighted by molar-refractivity contribution is -0.144. The number of benzene rings is 1. The SMILES string of the molecule is COC(=O)[C@H](Cc1ccc(O)cc1)NC(=O)CN=[N+]=[N-]. The first-order chi connectivity index (χ1) is 9.56. The summed E-state index contributed by atoms with van der Waals surface area (Å²) in [6.45, 7) is -0.389. The molecule has 2 N–H and O–H groups in total. The van der Waals surface area contributed by atoms with Crippen molar-refractivity contribution in [1.82, 2.24) is 5.32 Å². The number of methoxy groups -OCH3 is 1. The molecule has 0 aromatic heterocycles. The lowest BCUT2D eigenvalue weighted by Gasteiger charge is -2.16. The van der Waals surface area contributed by atoms with Crippen molar-refractivity contribution >= 4 is 11.9 Å². The average Bonchev–Trinajstić information content (AvgIpc) is 2.45. The summed E-state index contributed by atoms with van der Waals surface area (Å²) >= 11 is 0. The predicted octanol–water partition coefficient (Wildman–Crippen LogP) is 0.903. The molecule has 20 heavy (non-hydrogen) atoms. The quantitative estimate of drug-likeness (QED) is 0.347. The first-order valence-corrected chi connectivity index (χ1v) is 5.72. The molecule has 1 rings (SSSR count). The van der Waals surface area contributed by atoms with Gasteiger partial charge in [-0.15, -0.1) is 0 Å². The van der Waals surface area contributed by atoms with Gasteiger partial charge in [0.15, 0.2) is 0 Å². The Bertz CT molecular complexity index is 523. The Morgan fingerprint density at radius 1 is 1.45 bits per heavy atom. The summed E-state index contributed by atoms with van der Waals surface area (Å²) in [5.41, 5.74) is 8.87. The van der Waals surface area contributed by atoms with Crippen LogP contribution in [0.4, 0.5) is 0 Å². The van der Waals surface area contributed by atoms with Crippen LogP contribution in [-0.4, -0.2) is 36.7 Å². The van der Waals surface area contributed by atoms with E-state index in [0.29, 0.717) is 0 Å². The minimum absolute atomic E-state index is 0.107. The van der Waals surface area contributed by atoms with Gasteiger partial charge in [0.1, 0.15) is 18.3 Å². The monoisotopic (exact) mass is 278 g/mol. The highest BCUT2D eigenvalue weighted by atomic mass is 16.5.